The molecule has 2 rings (SSSR count). The van der Waals surface area contributed by atoms with Gasteiger partial charge in [-0.1, -0.05) is 24.3 Å². The van der Waals surface area contributed by atoms with Gasteiger partial charge in [0.2, 0.25) is 5.91 Å². The smallest absolute Gasteiger partial charge is 0.325 e. The van der Waals surface area contributed by atoms with E-state index in [1.54, 1.807) is 0 Å². The number of nitrogens with zero attached hydrogens (tertiary/aromatic N) is 1. The molecule has 0 saturated heterocycles. The van der Waals surface area contributed by atoms with Crippen molar-refractivity contribution in [2.45, 2.75) is 19.0 Å². The number of hydrogen-bond acceptors (Lipinski definition) is 4. The second kappa shape index (κ2) is 5.18. The minimum atomic E-state index is -0.599. The van der Waals surface area contributed by atoms with E-state index in [1.807, 2.05) is 24.3 Å². The normalized spacial score (nSPS) is 19.1. The number of hydrogen-bond donors (Lipinski definition) is 1. The lowest BCUT2D eigenvalue weighted by Gasteiger charge is -2.21. The second-order valence-corrected chi connectivity index (χ2v) is 4.35. The number of amides is 1. The molecule has 1 aromatic carbocycles. The van der Waals surface area contributed by atoms with E-state index in [0.717, 1.165) is 11.1 Å². The molecule has 5 heteroatoms. The predicted molar refractivity (Wildman–Crippen MR) is 65.6 cm³/mol. The standard InChI is InChI=1S/C13H16N2O3/c1-18-12(16)8-15-7-10-5-3-2-4-9(10)6-11(14)13(15)17/h2-5,11H,6-8,14H2,1H3/t11-/m0/s1. The average Bonchev–Trinajstić information content (AvgIpc) is 2.49. The number of fused-ring (bicyclic) bond motifs is 1. The molecule has 5 nitrogen and oxygen atoms in total. The van der Waals surface area contributed by atoms with E-state index in [9.17, 15) is 9.59 Å². The highest BCUT2D eigenvalue weighted by Crippen LogP contribution is 2.18. The molecule has 96 valence electrons. The molecule has 0 unspecified atom stereocenters. The van der Waals surface area contributed by atoms with E-state index in [2.05, 4.69) is 4.74 Å². The van der Waals surface area contributed by atoms with Crippen LogP contribution in [0.3, 0.4) is 0 Å². The maximum Gasteiger partial charge on any atom is 0.325 e. The summed E-state index contributed by atoms with van der Waals surface area (Å²) >= 11 is 0. The van der Waals surface area contributed by atoms with Crippen LogP contribution in [0.2, 0.25) is 0 Å². The van der Waals surface area contributed by atoms with Gasteiger partial charge in [-0.3, -0.25) is 9.59 Å². The van der Waals surface area contributed by atoms with Crippen molar-refractivity contribution < 1.29 is 14.3 Å². The molecule has 0 bridgehead atoms. The molecule has 1 amide bonds. The fourth-order valence-electron chi connectivity index (χ4n) is 2.11. The predicted octanol–water partition coefficient (Wildman–Crippen LogP) is 0.0716. The van der Waals surface area contributed by atoms with Gasteiger partial charge in [0.15, 0.2) is 0 Å². The van der Waals surface area contributed by atoms with E-state index >= 15 is 0 Å². The number of nitrogens with two attached hydrogens (primary N) is 1. The van der Waals surface area contributed by atoms with E-state index in [1.165, 1.54) is 12.0 Å². The minimum absolute atomic E-state index is 0.0582. The molecule has 18 heavy (non-hydrogen) atoms. The molecule has 1 aliphatic heterocycles. The third-order valence-electron chi connectivity index (χ3n) is 3.10. The zero-order valence-corrected chi connectivity index (χ0v) is 10.3. The lowest BCUT2D eigenvalue weighted by atomic mass is 10.0. The topological polar surface area (TPSA) is 72.6 Å². The highest BCUT2D eigenvalue weighted by Gasteiger charge is 2.28. The lowest BCUT2D eigenvalue weighted by Crippen LogP contribution is -2.44. The quantitative estimate of drug-likeness (QED) is 0.752. The van der Waals surface area contributed by atoms with Crippen molar-refractivity contribution in [3.63, 3.8) is 0 Å². The van der Waals surface area contributed by atoms with Gasteiger partial charge in [-0.05, 0) is 17.5 Å². The molecule has 0 fully saturated rings. The molecule has 0 aromatic heterocycles. The van der Waals surface area contributed by atoms with Crippen LogP contribution in [0.15, 0.2) is 24.3 Å². The number of carbonyl (C=O) groups excluding carboxylic acids is 2. The first-order valence-corrected chi connectivity index (χ1v) is 5.79. The van der Waals surface area contributed by atoms with Crippen LogP contribution in [-0.2, 0) is 27.3 Å². The largest absolute Gasteiger partial charge is 0.468 e. The van der Waals surface area contributed by atoms with Crippen molar-refractivity contribution in [3.8, 4) is 0 Å². The Bertz CT molecular complexity index is 473. The summed E-state index contributed by atoms with van der Waals surface area (Å²) < 4.78 is 4.59. The van der Waals surface area contributed by atoms with Crippen molar-refractivity contribution in [1.82, 2.24) is 4.90 Å². The molecule has 0 aliphatic carbocycles. The van der Waals surface area contributed by atoms with E-state index in [0.29, 0.717) is 13.0 Å². The SMILES string of the molecule is COC(=O)CN1Cc2ccccc2C[C@H](N)C1=O. The molecule has 2 N–H and O–H groups in total. The van der Waals surface area contributed by atoms with Gasteiger partial charge in [0.1, 0.15) is 6.54 Å². The van der Waals surface area contributed by atoms with Crippen LogP contribution in [0, 0.1) is 0 Å². The fourth-order valence-corrected chi connectivity index (χ4v) is 2.11. The molecule has 1 heterocycles. The minimum Gasteiger partial charge on any atom is -0.468 e. The summed E-state index contributed by atoms with van der Waals surface area (Å²) in [6.07, 6.45) is 0.507. The zero-order chi connectivity index (χ0) is 13.1. The number of carbonyl (C=O) groups is 2. The number of ether oxygens (including phenoxy) is 1. The molecule has 0 spiro atoms. The Morgan fingerprint density at radius 1 is 1.44 bits per heavy atom. The average molecular weight is 248 g/mol. The molecular weight excluding hydrogens is 232 g/mol. The molecule has 0 saturated carbocycles. The Hall–Kier alpha value is -1.88. The van der Waals surface area contributed by atoms with E-state index in [4.69, 9.17) is 5.73 Å². The van der Waals surface area contributed by atoms with Crippen molar-refractivity contribution in [3.05, 3.63) is 35.4 Å². The maximum atomic E-state index is 12.1. The summed E-state index contributed by atoms with van der Waals surface area (Å²) in [5.41, 5.74) is 7.95. The van der Waals surface area contributed by atoms with Gasteiger partial charge in [-0.15, -0.1) is 0 Å². The summed E-state index contributed by atoms with van der Waals surface area (Å²) in [6.45, 7) is 0.342. The van der Waals surface area contributed by atoms with Crippen LogP contribution in [0.1, 0.15) is 11.1 Å². The second-order valence-electron chi connectivity index (χ2n) is 4.35. The Labute approximate surface area is 106 Å². The monoisotopic (exact) mass is 248 g/mol. The van der Waals surface area contributed by atoms with Gasteiger partial charge in [0, 0.05) is 6.54 Å². The number of rotatable bonds is 2. The Morgan fingerprint density at radius 3 is 2.78 bits per heavy atom. The summed E-state index contributed by atoms with van der Waals surface area (Å²) in [5, 5.41) is 0. The molecular formula is C13H16N2O3. The summed E-state index contributed by atoms with van der Waals surface area (Å²) in [7, 11) is 1.30. The van der Waals surface area contributed by atoms with Crippen molar-refractivity contribution >= 4 is 11.9 Å². The number of esters is 1. The maximum absolute atomic E-state index is 12.1. The molecule has 1 aliphatic rings. The Kier molecular flexibility index (Phi) is 3.62. The van der Waals surface area contributed by atoms with Gasteiger partial charge in [-0.2, -0.15) is 0 Å². The van der Waals surface area contributed by atoms with Crippen molar-refractivity contribution in [1.29, 1.82) is 0 Å². The zero-order valence-electron chi connectivity index (χ0n) is 10.3. The van der Waals surface area contributed by atoms with Gasteiger partial charge < -0.3 is 15.4 Å². The van der Waals surface area contributed by atoms with Crippen LogP contribution in [-0.4, -0.2) is 36.5 Å². The highest BCUT2D eigenvalue weighted by atomic mass is 16.5. The van der Waals surface area contributed by atoms with Gasteiger partial charge in [-0.25, -0.2) is 0 Å². The highest BCUT2D eigenvalue weighted by molar-refractivity contribution is 5.86. The molecule has 1 atom stereocenters. The summed E-state index contributed by atoms with van der Waals surface area (Å²) in [4.78, 5) is 24.8. The van der Waals surface area contributed by atoms with E-state index < -0.39 is 12.0 Å². The van der Waals surface area contributed by atoms with Crippen LogP contribution in [0.5, 0.6) is 0 Å². The van der Waals surface area contributed by atoms with Crippen LogP contribution in [0.25, 0.3) is 0 Å². The van der Waals surface area contributed by atoms with Crippen LogP contribution < -0.4 is 5.73 Å². The van der Waals surface area contributed by atoms with Crippen molar-refractivity contribution in [2.24, 2.45) is 5.73 Å². The first-order valence-electron chi connectivity index (χ1n) is 5.79. The third-order valence-corrected chi connectivity index (χ3v) is 3.10. The molecule has 1 aromatic rings. The number of benzene rings is 1. The lowest BCUT2D eigenvalue weighted by molar-refractivity contribution is -0.147. The van der Waals surface area contributed by atoms with Gasteiger partial charge in [0.25, 0.3) is 0 Å². The van der Waals surface area contributed by atoms with Crippen LogP contribution in [0.4, 0.5) is 0 Å². The fraction of sp³-hybridized carbons (Fsp3) is 0.385. The van der Waals surface area contributed by atoms with Crippen molar-refractivity contribution in [2.75, 3.05) is 13.7 Å². The summed E-state index contributed by atoms with van der Waals surface area (Å²) in [6, 6.07) is 7.15. The molecule has 0 radical (unpaired) electrons. The first-order chi connectivity index (χ1) is 8.61. The third kappa shape index (κ3) is 2.51. The Balaban J connectivity index is 2.26. The van der Waals surface area contributed by atoms with Gasteiger partial charge >= 0.3 is 5.97 Å². The van der Waals surface area contributed by atoms with Gasteiger partial charge in [0.05, 0.1) is 13.2 Å². The number of methoxy groups -OCH3 is 1. The van der Waals surface area contributed by atoms with Crippen LogP contribution >= 0.6 is 0 Å². The Morgan fingerprint density at radius 2 is 2.11 bits per heavy atom. The summed E-state index contributed by atoms with van der Waals surface area (Å²) in [5.74, 6) is -0.647. The first kappa shape index (κ1) is 12.6. The van der Waals surface area contributed by atoms with E-state index in [-0.39, 0.29) is 12.5 Å².